The Bertz CT molecular complexity index is 1070. The predicted octanol–water partition coefficient (Wildman–Crippen LogP) is 5.24. The number of carbonyl (C=O) groups excluding carboxylic acids is 2. The zero-order chi connectivity index (χ0) is 29.1. The summed E-state index contributed by atoms with van der Waals surface area (Å²) >= 11 is 0. The van der Waals surface area contributed by atoms with Crippen LogP contribution in [0.15, 0.2) is 73.3 Å². The van der Waals surface area contributed by atoms with Crippen molar-refractivity contribution in [1.82, 2.24) is 0 Å². The Morgan fingerprint density at radius 2 is 1.52 bits per heavy atom. The lowest BCUT2D eigenvalue weighted by Crippen LogP contribution is -2.62. The van der Waals surface area contributed by atoms with Crippen LogP contribution in [-0.4, -0.2) is 56.4 Å². The van der Waals surface area contributed by atoms with Crippen LogP contribution in [0.4, 0.5) is 0 Å². The molecule has 40 heavy (non-hydrogen) atoms. The summed E-state index contributed by atoms with van der Waals surface area (Å²) in [4.78, 5) is 26.0. The molecule has 0 aromatic heterocycles. The Labute approximate surface area is 237 Å². The summed E-state index contributed by atoms with van der Waals surface area (Å²) in [5, 5.41) is 0. The van der Waals surface area contributed by atoms with E-state index in [0.29, 0.717) is 6.61 Å². The van der Waals surface area contributed by atoms with Gasteiger partial charge >= 0.3 is 11.9 Å². The van der Waals surface area contributed by atoms with Crippen LogP contribution in [0.5, 0.6) is 0 Å². The van der Waals surface area contributed by atoms with Crippen LogP contribution >= 0.6 is 0 Å². The minimum atomic E-state index is -1.06. The van der Waals surface area contributed by atoms with E-state index in [1.54, 1.807) is 26.8 Å². The van der Waals surface area contributed by atoms with E-state index in [-0.39, 0.29) is 25.6 Å². The molecule has 1 aliphatic rings. The van der Waals surface area contributed by atoms with Gasteiger partial charge in [-0.1, -0.05) is 73.7 Å². The molecule has 2 aromatic carbocycles. The van der Waals surface area contributed by atoms with E-state index in [2.05, 4.69) is 6.58 Å². The van der Waals surface area contributed by atoms with Crippen molar-refractivity contribution in [2.45, 2.75) is 78.0 Å². The number of methoxy groups -OCH3 is 1. The molecule has 0 amide bonds. The molecule has 0 spiro atoms. The Hall–Kier alpha value is -3.04. The standard InChI is InChI=1S/C32H42O8/c1-7-22(2)18-26(33)39-28-27(37-20-24-16-12-9-13-17-24)25(21-36-19-23-14-10-8-11-15-23)38-30(35-6)29(28)40-31(34)32(3,4)5/h7-17,22,25,27-30H,1,18-21H2,2-6H3/t22-,25-,27-,28+,29+,30+/m1/s1. The van der Waals surface area contributed by atoms with Gasteiger partial charge in [0.1, 0.15) is 12.2 Å². The van der Waals surface area contributed by atoms with E-state index in [4.69, 9.17) is 28.4 Å². The van der Waals surface area contributed by atoms with E-state index < -0.39 is 48.1 Å². The quantitative estimate of drug-likeness (QED) is 0.245. The van der Waals surface area contributed by atoms with Crippen molar-refractivity contribution < 1.29 is 38.0 Å². The van der Waals surface area contributed by atoms with Gasteiger partial charge in [-0.25, -0.2) is 0 Å². The maximum atomic E-state index is 13.1. The summed E-state index contributed by atoms with van der Waals surface area (Å²) in [5.41, 5.74) is 1.12. The van der Waals surface area contributed by atoms with Crippen molar-refractivity contribution >= 4 is 11.9 Å². The van der Waals surface area contributed by atoms with Crippen LogP contribution < -0.4 is 0 Å². The average molecular weight is 555 g/mol. The van der Waals surface area contributed by atoms with E-state index >= 15 is 0 Å². The van der Waals surface area contributed by atoms with E-state index in [1.165, 1.54) is 7.11 Å². The summed E-state index contributed by atoms with van der Waals surface area (Å²) in [6.45, 7) is 11.6. The number of esters is 2. The van der Waals surface area contributed by atoms with Crippen LogP contribution in [0.1, 0.15) is 45.2 Å². The van der Waals surface area contributed by atoms with Crippen LogP contribution in [0.3, 0.4) is 0 Å². The summed E-state index contributed by atoms with van der Waals surface area (Å²) < 4.78 is 36.2. The number of hydrogen-bond acceptors (Lipinski definition) is 8. The Kier molecular flexibility index (Phi) is 11.9. The molecule has 218 valence electrons. The van der Waals surface area contributed by atoms with Gasteiger partial charge in [0.05, 0.1) is 31.7 Å². The summed E-state index contributed by atoms with van der Waals surface area (Å²) in [7, 11) is 1.45. The SMILES string of the molecule is C=C[C@@H](C)CC(=O)O[C@@H]1[C@H](OC(=O)C(C)(C)C)[C@@H](OC)O[C@H](COCc2ccccc2)[C@H]1OCc1ccccc1. The van der Waals surface area contributed by atoms with E-state index in [9.17, 15) is 9.59 Å². The molecule has 0 bridgehead atoms. The van der Waals surface area contributed by atoms with Gasteiger partial charge in [-0.05, 0) is 37.8 Å². The summed E-state index contributed by atoms with van der Waals surface area (Å²) in [5.74, 6) is -1.05. The number of benzene rings is 2. The second-order valence-corrected chi connectivity index (χ2v) is 11.0. The first kappa shape index (κ1) is 31.5. The lowest BCUT2D eigenvalue weighted by Gasteiger charge is -2.45. The normalized spacial score (nSPS) is 23.7. The Balaban J connectivity index is 1.91. The molecule has 1 saturated heterocycles. The van der Waals surface area contributed by atoms with Gasteiger partial charge in [-0.3, -0.25) is 9.59 Å². The van der Waals surface area contributed by atoms with Crippen molar-refractivity contribution in [1.29, 1.82) is 0 Å². The molecule has 8 heteroatoms. The van der Waals surface area contributed by atoms with Gasteiger partial charge in [0.25, 0.3) is 0 Å². The van der Waals surface area contributed by atoms with Gasteiger partial charge in [0, 0.05) is 7.11 Å². The average Bonchev–Trinajstić information content (AvgIpc) is 2.94. The molecule has 6 atom stereocenters. The first-order valence-electron chi connectivity index (χ1n) is 13.6. The van der Waals surface area contributed by atoms with Crippen molar-refractivity contribution in [2.75, 3.05) is 13.7 Å². The third-order valence-corrected chi connectivity index (χ3v) is 6.52. The fourth-order valence-corrected chi connectivity index (χ4v) is 4.14. The fraction of sp³-hybridized carbons (Fsp3) is 0.500. The molecule has 3 rings (SSSR count). The lowest BCUT2D eigenvalue weighted by atomic mass is 9.95. The molecule has 8 nitrogen and oxygen atoms in total. The van der Waals surface area contributed by atoms with Crippen LogP contribution in [0.25, 0.3) is 0 Å². The smallest absolute Gasteiger partial charge is 0.311 e. The Morgan fingerprint density at radius 1 is 0.925 bits per heavy atom. The summed E-state index contributed by atoms with van der Waals surface area (Å²) in [6, 6.07) is 19.4. The minimum Gasteiger partial charge on any atom is -0.455 e. The fourth-order valence-electron chi connectivity index (χ4n) is 4.14. The molecule has 1 fully saturated rings. The molecular weight excluding hydrogens is 512 g/mol. The molecule has 0 radical (unpaired) electrons. The molecule has 1 aliphatic heterocycles. The van der Waals surface area contributed by atoms with Gasteiger partial charge in [-0.15, -0.1) is 6.58 Å². The zero-order valence-corrected chi connectivity index (χ0v) is 24.1. The maximum Gasteiger partial charge on any atom is 0.311 e. The van der Waals surface area contributed by atoms with Crippen molar-refractivity contribution in [3.8, 4) is 0 Å². The minimum absolute atomic E-state index is 0.102. The predicted molar refractivity (Wildman–Crippen MR) is 150 cm³/mol. The number of carbonyl (C=O) groups is 2. The highest BCUT2D eigenvalue weighted by molar-refractivity contribution is 5.75. The van der Waals surface area contributed by atoms with E-state index in [0.717, 1.165) is 11.1 Å². The molecular formula is C32H42O8. The van der Waals surface area contributed by atoms with Crippen molar-refractivity contribution in [2.24, 2.45) is 11.3 Å². The van der Waals surface area contributed by atoms with E-state index in [1.807, 2.05) is 67.6 Å². The van der Waals surface area contributed by atoms with Crippen LogP contribution in [0, 0.1) is 11.3 Å². The number of ether oxygens (including phenoxy) is 6. The molecule has 1 heterocycles. The topological polar surface area (TPSA) is 89.5 Å². The second kappa shape index (κ2) is 15.1. The van der Waals surface area contributed by atoms with Gasteiger partial charge < -0.3 is 28.4 Å². The summed E-state index contributed by atoms with van der Waals surface area (Å²) in [6.07, 6.45) is -2.79. The first-order valence-corrected chi connectivity index (χ1v) is 13.6. The van der Waals surface area contributed by atoms with Crippen molar-refractivity contribution in [3.05, 3.63) is 84.4 Å². The zero-order valence-electron chi connectivity index (χ0n) is 24.1. The lowest BCUT2D eigenvalue weighted by molar-refractivity contribution is -0.311. The number of allylic oxidation sites excluding steroid dienone is 1. The van der Waals surface area contributed by atoms with Gasteiger partial charge in [0.15, 0.2) is 18.5 Å². The monoisotopic (exact) mass is 554 g/mol. The molecule has 0 saturated carbocycles. The number of hydrogen-bond donors (Lipinski definition) is 0. The molecule has 0 unspecified atom stereocenters. The second-order valence-electron chi connectivity index (χ2n) is 11.0. The highest BCUT2D eigenvalue weighted by Gasteiger charge is 2.52. The van der Waals surface area contributed by atoms with Crippen LogP contribution in [-0.2, 0) is 51.2 Å². The third-order valence-electron chi connectivity index (χ3n) is 6.52. The largest absolute Gasteiger partial charge is 0.455 e. The van der Waals surface area contributed by atoms with Crippen molar-refractivity contribution in [3.63, 3.8) is 0 Å². The Morgan fingerprint density at radius 3 is 2.08 bits per heavy atom. The molecule has 0 aliphatic carbocycles. The van der Waals surface area contributed by atoms with Gasteiger partial charge in [-0.2, -0.15) is 0 Å². The maximum absolute atomic E-state index is 13.1. The number of rotatable bonds is 13. The molecule has 0 N–H and O–H groups in total. The van der Waals surface area contributed by atoms with Gasteiger partial charge in [0.2, 0.25) is 0 Å². The molecule has 2 aromatic rings. The highest BCUT2D eigenvalue weighted by Crippen LogP contribution is 2.32. The first-order chi connectivity index (χ1) is 19.1. The van der Waals surface area contributed by atoms with Crippen LogP contribution in [0.2, 0.25) is 0 Å². The third kappa shape index (κ3) is 9.27. The highest BCUT2D eigenvalue weighted by atomic mass is 16.7.